The zero-order valence-corrected chi connectivity index (χ0v) is 13.3. The second-order valence-corrected chi connectivity index (χ2v) is 6.31. The number of hydrogen-bond donors (Lipinski definition) is 0. The van der Waals surface area contributed by atoms with Gasteiger partial charge in [-0.25, -0.2) is 4.79 Å². The van der Waals surface area contributed by atoms with E-state index in [1.54, 1.807) is 4.90 Å². The Balaban J connectivity index is 2.64. The molecular weight excluding hydrogens is 274 g/mol. The zero-order chi connectivity index (χ0) is 16.0. The van der Waals surface area contributed by atoms with Crippen molar-refractivity contribution in [2.24, 2.45) is 5.92 Å². The molecule has 0 spiro atoms. The molecule has 1 aliphatic heterocycles. The summed E-state index contributed by atoms with van der Waals surface area (Å²) >= 11 is 0. The van der Waals surface area contributed by atoms with E-state index >= 15 is 0 Å². The van der Waals surface area contributed by atoms with Crippen molar-refractivity contribution >= 4 is 17.8 Å². The predicted octanol–water partition coefficient (Wildman–Crippen LogP) is 2.16. The van der Waals surface area contributed by atoms with Crippen molar-refractivity contribution in [3.05, 3.63) is 0 Å². The Kier molecular flexibility index (Phi) is 6.18. The highest BCUT2D eigenvalue weighted by molar-refractivity contribution is 5.83. The minimum Gasteiger partial charge on any atom is -0.469 e. The van der Waals surface area contributed by atoms with Crippen LogP contribution >= 0.6 is 0 Å². The van der Waals surface area contributed by atoms with Gasteiger partial charge in [0.25, 0.3) is 0 Å². The van der Waals surface area contributed by atoms with Gasteiger partial charge in [0.2, 0.25) is 0 Å². The first-order valence-electron chi connectivity index (χ1n) is 7.30. The molecule has 1 unspecified atom stereocenters. The molecule has 21 heavy (non-hydrogen) atoms. The Hall–Kier alpha value is -1.59. The summed E-state index contributed by atoms with van der Waals surface area (Å²) in [5.74, 6) is -0.556. The Labute approximate surface area is 125 Å². The molecule has 0 aromatic carbocycles. The number of nitrogens with zero attached hydrogens (tertiary/aromatic N) is 1. The first kappa shape index (κ1) is 17.5. The summed E-state index contributed by atoms with van der Waals surface area (Å²) in [6.45, 7) is 6.24. The summed E-state index contributed by atoms with van der Waals surface area (Å²) < 4.78 is 9.94. The van der Waals surface area contributed by atoms with Gasteiger partial charge in [-0.05, 0) is 33.6 Å². The lowest BCUT2D eigenvalue weighted by Crippen LogP contribution is -2.40. The van der Waals surface area contributed by atoms with Gasteiger partial charge < -0.3 is 14.4 Å². The minimum absolute atomic E-state index is 0.102. The number of ether oxygens (including phenoxy) is 2. The summed E-state index contributed by atoms with van der Waals surface area (Å²) in [5, 5.41) is 0. The van der Waals surface area contributed by atoms with Crippen molar-refractivity contribution in [1.29, 1.82) is 0 Å². The van der Waals surface area contributed by atoms with Crippen LogP contribution in [-0.4, -0.2) is 48.5 Å². The Morgan fingerprint density at radius 3 is 2.57 bits per heavy atom. The fraction of sp³-hybridized carbons (Fsp3) is 0.800. The van der Waals surface area contributed by atoms with Gasteiger partial charge in [-0.3, -0.25) is 9.59 Å². The molecule has 1 heterocycles. The molecule has 1 atom stereocenters. The maximum absolute atomic E-state index is 12.1. The van der Waals surface area contributed by atoms with E-state index in [1.165, 1.54) is 7.11 Å². The number of hydrogen-bond acceptors (Lipinski definition) is 5. The molecule has 1 rings (SSSR count). The van der Waals surface area contributed by atoms with Crippen molar-refractivity contribution in [2.75, 3.05) is 20.2 Å². The lowest BCUT2D eigenvalue weighted by atomic mass is 9.96. The monoisotopic (exact) mass is 299 g/mol. The maximum atomic E-state index is 12.1. The first-order chi connectivity index (χ1) is 9.73. The molecule has 6 nitrogen and oxygen atoms in total. The quantitative estimate of drug-likeness (QED) is 0.747. The van der Waals surface area contributed by atoms with Crippen molar-refractivity contribution in [3.8, 4) is 0 Å². The third-order valence-corrected chi connectivity index (χ3v) is 3.32. The average Bonchev–Trinajstić information content (AvgIpc) is 2.56. The van der Waals surface area contributed by atoms with Crippen LogP contribution in [0.1, 0.15) is 46.5 Å². The van der Waals surface area contributed by atoms with Gasteiger partial charge in [0.15, 0.2) is 0 Å². The SMILES string of the molecule is COC(=O)CCC1CN(C(=O)OC(C)(C)C)CCCC1=O. The van der Waals surface area contributed by atoms with Crippen LogP contribution in [0.5, 0.6) is 0 Å². The molecule has 0 radical (unpaired) electrons. The van der Waals surface area contributed by atoms with E-state index in [0.717, 1.165) is 0 Å². The van der Waals surface area contributed by atoms with E-state index in [9.17, 15) is 14.4 Å². The molecular formula is C15H25NO5. The second kappa shape index (κ2) is 7.43. The van der Waals surface area contributed by atoms with Gasteiger partial charge in [0.05, 0.1) is 7.11 Å². The predicted molar refractivity (Wildman–Crippen MR) is 76.8 cm³/mol. The molecule has 1 amide bonds. The normalized spacial score (nSPS) is 19.9. The third kappa shape index (κ3) is 6.14. The van der Waals surface area contributed by atoms with Crippen molar-refractivity contribution < 1.29 is 23.9 Å². The minimum atomic E-state index is -0.561. The topological polar surface area (TPSA) is 72.9 Å². The summed E-state index contributed by atoms with van der Waals surface area (Å²) in [4.78, 5) is 36.9. The molecule has 120 valence electrons. The van der Waals surface area contributed by atoms with E-state index < -0.39 is 11.7 Å². The third-order valence-electron chi connectivity index (χ3n) is 3.32. The zero-order valence-electron chi connectivity index (χ0n) is 13.3. The molecule has 0 N–H and O–H groups in total. The van der Waals surface area contributed by atoms with Gasteiger partial charge in [-0.15, -0.1) is 0 Å². The standard InChI is InChI=1S/C15H25NO5/c1-15(2,3)21-14(19)16-9-5-6-12(17)11(10-16)7-8-13(18)20-4/h11H,5-10H2,1-4H3. The highest BCUT2D eigenvalue weighted by atomic mass is 16.6. The second-order valence-electron chi connectivity index (χ2n) is 6.31. The number of esters is 1. The van der Waals surface area contributed by atoms with Crippen LogP contribution in [0.25, 0.3) is 0 Å². The van der Waals surface area contributed by atoms with E-state index in [4.69, 9.17) is 4.74 Å². The molecule has 1 fully saturated rings. The maximum Gasteiger partial charge on any atom is 0.410 e. The fourth-order valence-corrected chi connectivity index (χ4v) is 2.25. The highest BCUT2D eigenvalue weighted by Crippen LogP contribution is 2.20. The van der Waals surface area contributed by atoms with Crippen LogP contribution in [0, 0.1) is 5.92 Å². The number of rotatable bonds is 3. The van der Waals surface area contributed by atoms with Gasteiger partial charge in [-0.1, -0.05) is 0 Å². The number of carbonyl (C=O) groups is 3. The Morgan fingerprint density at radius 1 is 1.33 bits per heavy atom. The molecule has 0 aromatic heterocycles. The molecule has 6 heteroatoms. The average molecular weight is 299 g/mol. The Bertz CT molecular complexity index is 399. The van der Waals surface area contributed by atoms with Gasteiger partial charge >= 0.3 is 12.1 Å². The number of carbonyl (C=O) groups excluding carboxylic acids is 3. The van der Waals surface area contributed by atoms with Crippen LogP contribution in [0.15, 0.2) is 0 Å². The largest absolute Gasteiger partial charge is 0.469 e. The number of ketones is 1. The summed E-state index contributed by atoms with van der Waals surface area (Å²) in [5.41, 5.74) is -0.561. The van der Waals surface area contributed by atoms with Crippen LogP contribution < -0.4 is 0 Å². The van der Waals surface area contributed by atoms with Crippen LogP contribution in [0.3, 0.4) is 0 Å². The molecule has 1 saturated heterocycles. The van der Waals surface area contributed by atoms with Crippen LogP contribution in [0.4, 0.5) is 4.79 Å². The van der Waals surface area contributed by atoms with Crippen LogP contribution in [-0.2, 0) is 19.1 Å². The van der Waals surface area contributed by atoms with E-state index in [-0.39, 0.29) is 24.1 Å². The lowest BCUT2D eigenvalue weighted by molar-refractivity contribution is -0.141. The highest BCUT2D eigenvalue weighted by Gasteiger charge is 2.30. The molecule has 0 aromatic rings. The van der Waals surface area contributed by atoms with Crippen molar-refractivity contribution in [3.63, 3.8) is 0 Å². The van der Waals surface area contributed by atoms with Crippen molar-refractivity contribution in [2.45, 2.75) is 52.1 Å². The number of methoxy groups -OCH3 is 1. The molecule has 0 aliphatic carbocycles. The van der Waals surface area contributed by atoms with Gasteiger partial charge in [0, 0.05) is 31.8 Å². The number of Topliss-reactive ketones (excluding diaryl/α,β-unsaturated/α-hetero) is 1. The number of amides is 1. The van der Waals surface area contributed by atoms with E-state index in [1.807, 2.05) is 20.8 Å². The van der Waals surface area contributed by atoms with E-state index in [0.29, 0.717) is 32.4 Å². The van der Waals surface area contributed by atoms with Gasteiger partial charge in [-0.2, -0.15) is 0 Å². The number of likely N-dealkylation sites (tertiary alicyclic amines) is 1. The molecule has 0 saturated carbocycles. The lowest BCUT2D eigenvalue weighted by Gasteiger charge is -2.27. The summed E-state index contributed by atoms with van der Waals surface area (Å²) in [6, 6.07) is 0. The van der Waals surface area contributed by atoms with Crippen molar-refractivity contribution in [1.82, 2.24) is 4.90 Å². The summed E-state index contributed by atoms with van der Waals surface area (Å²) in [7, 11) is 1.32. The smallest absolute Gasteiger partial charge is 0.410 e. The Morgan fingerprint density at radius 2 is 2.00 bits per heavy atom. The summed E-state index contributed by atoms with van der Waals surface area (Å²) in [6.07, 6.45) is 1.26. The van der Waals surface area contributed by atoms with Gasteiger partial charge in [0.1, 0.15) is 11.4 Å². The fourth-order valence-electron chi connectivity index (χ4n) is 2.25. The first-order valence-corrected chi connectivity index (χ1v) is 7.30. The molecule has 1 aliphatic rings. The van der Waals surface area contributed by atoms with Crippen LogP contribution in [0.2, 0.25) is 0 Å². The molecule has 0 bridgehead atoms. The van der Waals surface area contributed by atoms with E-state index in [2.05, 4.69) is 4.74 Å².